The van der Waals surface area contributed by atoms with Crippen molar-refractivity contribution in [3.8, 4) is 22.6 Å². The van der Waals surface area contributed by atoms with Crippen LogP contribution in [0.5, 0.6) is 0 Å². The molecule has 0 atom stereocenters. The number of nitrogens with zero attached hydrogens (tertiary/aromatic N) is 5. The van der Waals surface area contributed by atoms with Gasteiger partial charge in [-0.15, -0.1) is 0 Å². The summed E-state index contributed by atoms with van der Waals surface area (Å²) in [5.74, 6) is 1.11. The minimum Gasteiger partial charge on any atom is -0.393 e. The van der Waals surface area contributed by atoms with E-state index in [0.29, 0.717) is 5.92 Å². The summed E-state index contributed by atoms with van der Waals surface area (Å²) in [6, 6.07) is 8.64. The molecule has 2 fully saturated rings. The van der Waals surface area contributed by atoms with Crippen LogP contribution in [0.25, 0.3) is 44.6 Å². The second-order valence-corrected chi connectivity index (χ2v) is 10.6. The van der Waals surface area contributed by atoms with Crippen LogP contribution in [0.3, 0.4) is 0 Å². The molecule has 3 N–H and O–H groups in total. The molecule has 1 aliphatic heterocycles. The van der Waals surface area contributed by atoms with Gasteiger partial charge in [-0.05, 0) is 86.9 Å². The lowest BCUT2D eigenvalue weighted by Crippen LogP contribution is -2.18. The predicted molar refractivity (Wildman–Crippen MR) is 144 cm³/mol. The lowest BCUT2D eigenvalue weighted by Gasteiger charge is -2.25. The van der Waals surface area contributed by atoms with E-state index in [1.807, 2.05) is 24.8 Å². The number of aliphatic hydroxyl groups is 1. The number of H-pyrrole nitrogens is 2. The number of fused-ring (bicyclic) bond motifs is 2. The zero-order valence-electron chi connectivity index (χ0n) is 20.8. The molecule has 37 heavy (non-hydrogen) atoms. The molecule has 4 aromatic heterocycles. The number of benzene rings is 1. The second-order valence-electron chi connectivity index (χ2n) is 10.6. The van der Waals surface area contributed by atoms with E-state index in [0.717, 1.165) is 82.4 Å². The third-order valence-corrected chi connectivity index (χ3v) is 8.08. The molecule has 1 saturated carbocycles. The van der Waals surface area contributed by atoms with Gasteiger partial charge >= 0.3 is 0 Å². The molecule has 0 spiro atoms. The Balaban J connectivity index is 1.24. The van der Waals surface area contributed by atoms with Crippen LogP contribution in [0.1, 0.15) is 55.6 Å². The van der Waals surface area contributed by atoms with Crippen molar-refractivity contribution in [2.45, 2.75) is 57.1 Å². The first-order chi connectivity index (χ1) is 18.2. The van der Waals surface area contributed by atoms with E-state index in [-0.39, 0.29) is 6.10 Å². The normalized spacial score (nSPS) is 20.8. The van der Waals surface area contributed by atoms with Crippen molar-refractivity contribution in [1.82, 2.24) is 35.0 Å². The molecule has 2 aliphatic rings. The van der Waals surface area contributed by atoms with Crippen LogP contribution >= 0.6 is 0 Å². The molecule has 5 heterocycles. The number of pyridine rings is 2. The van der Waals surface area contributed by atoms with Crippen LogP contribution in [-0.4, -0.2) is 59.3 Å². The molecule has 0 unspecified atom stereocenters. The molecule has 7 rings (SSSR count). The summed E-state index contributed by atoms with van der Waals surface area (Å²) in [7, 11) is 0. The lowest BCUT2D eigenvalue weighted by molar-refractivity contribution is 0.122. The Hall–Kier alpha value is -3.62. The molecule has 8 nitrogen and oxygen atoms in total. The number of likely N-dealkylation sites (tertiary alicyclic amines) is 1. The van der Waals surface area contributed by atoms with Gasteiger partial charge in [0.2, 0.25) is 0 Å². The zero-order chi connectivity index (χ0) is 24.8. The fourth-order valence-electron chi connectivity index (χ4n) is 6.06. The van der Waals surface area contributed by atoms with Gasteiger partial charge in [-0.25, -0.2) is 4.98 Å². The Morgan fingerprint density at radius 2 is 1.73 bits per heavy atom. The highest BCUT2D eigenvalue weighted by atomic mass is 16.3. The third kappa shape index (κ3) is 4.30. The molecule has 5 aromatic rings. The van der Waals surface area contributed by atoms with E-state index in [1.54, 1.807) is 0 Å². The second kappa shape index (κ2) is 9.36. The summed E-state index contributed by atoms with van der Waals surface area (Å²) in [6.07, 6.45) is 13.7. The van der Waals surface area contributed by atoms with Crippen molar-refractivity contribution in [1.29, 1.82) is 0 Å². The van der Waals surface area contributed by atoms with E-state index < -0.39 is 0 Å². The standard InChI is InChI=1S/C29H31N7O/c37-22-6-3-19(4-7-22)24-15-31-16-26-27(24)33-29(32-26)28-23-12-20(5-8-25(23)34-35-28)21-11-18(13-30-14-21)17-36-9-1-2-10-36/h5,8,11-16,19,22,37H,1-4,6-7,9-10,17H2,(H,32,33)(H,34,35). The maximum absolute atomic E-state index is 9.95. The van der Waals surface area contributed by atoms with Crippen LogP contribution in [0, 0.1) is 0 Å². The van der Waals surface area contributed by atoms with E-state index >= 15 is 0 Å². The summed E-state index contributed by atoms with van der Waals surface area (Å²) >= 11 is 0. The Bertz CT molecular complexity index is 1560. The van der Waals surface area contributed by atoms with Crippen LogP contribution in [-0.2, 0) is 6.54 Å². The largest absolute Gasteiger partial charge is 0.393 e. The summed E-state index contributed by atoms with van der Waals surface area (Å²) in [5, 5.41) is 18.8. The predicted octanol–water partition coefficient (Wildman–Crippen LogP) is 5.18. The highest BCUT2D eigenvalue weighted by molar-refractivity contribution is 5.95. The van der Waals surface area contributed by atoms with Gasteiger partial charge in [-0.3, -0.25) is 20.0 Å². The highest BCUT2D eigenvalue weighted by Crippen LogP contribution is 2.37. The summed E-state index contributed by atoms with van der Waals surface area (Å²) in [4.78, 5) is 20.0. The quantitative estimate of drug-likeness (QED) is 0.312. The van der Waals surface area contributed by atoms with Crippen LogP contribution in [0.4, 0.5) is 0 Å². The van der Waals surface area contributed by atoms with Gasteiger partial charge in [-0.1, -0.05) is 6.07 Å². The first-order valence-corrected chi connectivity index (χ1v) is 13.4. The maximum Gasteiger partial charge on any atom is 0.159 e. The van der Waals surface area contributed by atoms with Crippen molar-refractivity contribution in [2.75, 3.05) is 13.1 Å². The first-order valence-electron chi connectivity index (χ1n) is 13.4. The average molecular weight is 494 g/mol. The number of nitrogens with one attached hydrogen (secondary N) is 2. The smallest absolute Gasteiger partial charge is 0.159 e. The molecule has 0 bridgehead atoms. The molecule has 1 aliphatic carbocycles. The average Bonchev–Trinajstić information content (AvgIpc) is 3.68. The zero-order valence-corrected chi connectivity index (χ0v) is 20.8. The van der Waals surface area contributed by atoms with E-state index in [4.69, 9.17) is 4.98 Å². The SMILES string of the molecule is OC1CCC(c2cncc3[nH]c(-c4n[nH]c5ccc(-c6cncc(CN7CCCC7)c6)cc45)nc23)CC1. The van der Waals surface area contributed by atoms with Gasteiger partial charge in [0.05, 0.1) is 28.9 Å². The number of aromatic nitrogens is 6. The molecule has 188 valence electrons. The minimum absolute atomic E-state index is 0.182. The van der Waals surface area contributed by atoms with E-state index in [9.17, 15) is 5.11 Å². The number of aliphatic hydroxyl groups excluding tert-OH is 1. The van der Waals surface area contributed by atoms with Gasteiger partial charge < -0.3 is 10.1 Å². The van der Waals surface area contributed by atoms with Gasteiger partial charge in [0.15, 0.2) is 5.82 Å². The Morgan fingerprint density at radius 3 is 2.59 bits per heavy atom. The van der Waals surface area contributed by atoms with Gasteiger partial charge in [0.1, 0.15) is 5.69 Å². The van der Waals surface area contributed by atoms with Gasteiger partial charge in [-0.2, -0.15) is 5.10 Å². The molecular weight excluding hydrogens is 462 g/mol. The Labute approximate surface area is 215 Å². The highest BCUT2D eigenvalue weighted by Gasteiger charge is 2.24. The maximum atomic E-state index is 9.95. The number of hydrogen-bond donors (Lipinski definition) is 3. The fourth-order valence-corrected chi connectivity index (χ4v) is 6.06. The monoisotopic (exact) mass is 493 g/mol. The fraction of sp³-hybridized carbons (Fsp3) is 0.379. The summed E-state index contributed by atoms with van der Waals surface area (Å²) in [6.45, 7) is 3.30. The number of imidazole rings is 1. The van der Waals surface area contributed by atoms with Gasteiger partial charge in [0, 0.05) is 41.6 Å². The van der Waals surface area contributed by atoms with Crippen LogP contribution in [0.2, 0.25) is 0 Å². The molecule has 8 heteroatoms. The van der Waals surface area contributed by atoms with Crippen molar-refractivity contribution < 1.29 is 5.11 Å². The van der Waals surface area contributed by atoms with Crippen LogP contribution in [0.15, 0.2) is 49.1 Å². The van der Waals surface area contributed by atoms with Crippen LogP contribution < -0.4 is 0 Å². The third-order valence-electron chi connectivity index (χ3n) is 8.08. The molecule has 0 amide bonds. The molecule has 1 aromatic carbocycles. The van der Waals surface area contributed by atoms with E-state index in [1.165, 1.54) is 31.5 Å². The van der Waals surface area contributed by atoms with Crippen molar-refractivity contribution in [3.63, 3.8) is 0 Å². The van der Waals surface area contributed by atoms with E-state index in [2.05, 4.69) is 54.3 Å². The number of hydrogen-bond acceptors (Lipinski definition) is 6. The Kier molecular flexibility index (Phi) is 5.71. The van der Waals surface area contributed by atoms with Crippen molar-refractivity contribution in [3.05, 3.63) is 60.2 Å². The van der Waals surface area contributed by atoms with Crippen molar-refractivity contribution >= 4 is 21.9 Å². The minimum atomic E-state index is -0.182. The molecule has 1 saturated heterocycles. The molecule has 0 radical (unpaired) electrons. The topological polar surface area (TPSA) is 107 Å². The lowest BCUT2D eigenvalue weighted by atomic mass is 9.83. The Morgan fingerprint density at radius 1 is 0.892 bits per heavy atom. The molecular formula is C29H31N7O. The number of aromatic amines is 2. The number of rotatable bonds is 5. The van der Waals surface area contributed by atoms with Crippen molar-refractivity contribution in [2.24, 2.45) is 0 Å². The summed E-state index contributed by atoms with van der Waals surface area (Å²) < 4.78 is 0. The first kappa shape index (κ1) is 22.6. The summed E-state index contributed by atoms with van der Waals surface area (Å²) in [5.41, 5.74) is 8.29. The van der Waals surface area contributed by atoms with Gasteiger partial charge in [0.25, 0.3) is 0 Å².